The second-order valence-corrected chi connectivity index (χ2v) is 5.05. The largest absolute Gasteiger partial charge is 0.446 e. The Balaban J connectivity index is 2.61. The molecule has 4 nitrogen and oxygen atoms in total. The number of rotatable bonds is 5. The summed E-state index contributed by atoms with van der Waals surface area (Å²) in [4.78, 5) is 15.9. The van der Waals surface area contributed by atoms with Crippen LogP contribution in [0, 0.1) is 6.92 Å². The van der Waals surface area contributed by atoms with Gasteiger partial charge in [-0.15, -0.1) is 0 Å². The molecule has 0 spiro atoms. The van der Waals surface area contributed by atoms with Gasteiger partial charge in [0, 0.05) is 10.7 Å². The number of aryl methyl sites for hydroxylation is 1. The van der Waals surface area contributed by atoms with E-state index in [1.807, 2.05) is 19.9 Å². The quantitative estimate of drug-likeness (QED) is 0.882. The van der Waals surface area contributed by atoms with Crippen molar-refractivity contribution in [2.45, 2.75) is 46.1 Å². The SMILES string of the molecule is CCCC(CC)OC(=O)Nc1cc(Br)cnc1C. The van der Waals surface area contributed by atoms with Crippen LogP contribution in [0.15, 0.2) is 16.7 Å². The topological polar surface area (TPSA) is 51.2 Å². The van der Waals surface area contributed by atoms with Crippen molar-refractivity contribution >= 4 is 27.7 Å². The van der Waals surface area contributed by atoms with E-state index in [2.05, 4.69) is 33.2 Å². The first-order chi connectivity index (χ1) is 8.56. The van der Waals surface area contributed by atoms with Crippen molar-refractivity contribution < 1.29 is 9.53 Å². The van der Waals surface area contributed by atoms with Crippen molar-refractivity contribution in [3.63, 3.8) is 0 Å². The van der Waals surface area contributed by atoms with Crippen LogP contribution in [0.4, 0.5) is 10.5 Å². The van der Waals surface area contributed by atoms with Gasteiger partial charge in [-0.05, 0) is 41.8 Å². The van der Waals surface area contributed by atoms with E-state index >= 15 is 0 Å². The summed E-state index contributed by atoms with van der Waals surface area (Å²) in [6, 6.07) is 1.81. The van der Waals surface area contributed by atoms with Crippen LogP contribution >= 0.6 is 15.9 Å². The molecule has 0 aliphatic carbocycles. The number of nitrogens with zero attached hydrogens (tertiary/aromatic N) is 1. The van der Waals surface area contributed by atoms with Crippen LogP contribution in [-0.4, -0.2) is 17.2 Å². The van der Waals surface area contributed by atoms with Gasteiger partial charge in [-0.1, -0.05) is 20.3 Å². The maximum absolute atomic E-state index is 11.7. The summed E-state index contributed by atoms with van der Waals surface area (Å²) >= 11 is 3.32. The van der Waals surface area contributed by atoms with Gasteiger partial charge in [0.15, 0.2) is 0 Å². The first kappa shape index (κ1) is 15.0. The zero-order valence-electron chi connectivity index (χ0n) is 11.0. The summed E-state index contributed by atoms with van der Waals surface area (Å²) in [5.74, 6) is 0. The van der Waals surface area contributed by atoms with Gasteiger partial charge in [-0.25, -0.2) is 4.79 Å². The number of nitrogens with one attached hydrogen (secondary N) is 1. The first-order valence-corrected chi connectivity index (χ1v) is 6.95. The number of amides is 1. The third-order valence-electron chi connectivity index (χ3n) is 2.63. The molecule has 1 N–H and O–H groups in total. The monoisotopic (exact) mass is 314 g/mol. The number of pyridine rings is 1. The average Bonchev–Trinajstić information content (AvgIpc) is 2.33. The standard InChI is InChI=1S/C13H19BrN2O2/c1-4-6-11(5-2)18-13(17)16-12-7-10(14)8-15-9(12)3/h7-8,11H,4-6H2,1-3H3,(H,16,17). The van der Waals surface area contributed by atoms with Crippen molar-refractivity contribution in [2.75, 3.05) is 5.32 Å². The number of aromatic nitrogens is 1. The average molecular weight is 315 g/mol. The molecule has 0 saturated heterocycles. The smallest absolute Gasteiger partial charge is 0.411 e. The lowest BCUT2D eigenvalue weighted by molar-refractivity contribution is 0.102. The summed E-state index contributed by atoms with van der Waals surface area (Å²) in [6.45, 7) is 5.93. The molecule has 0 aromatic carbocycles. The van der Waals surface area contributed by atoms with E-state index in [9.17, 15) is 4.79 Å². The fourth-order valence-corrected chi connectivity index (χ4v) is 1.92. The number of carbonyl (C=O) groups excluding carboxylic acids is 1. The minimum atomic E-state index is -0.418. The van der Waals surface area contributed by atoms with Gasteiger partial charge in [0.2, 0.25) is 0 Å². The fourth-order valence-electron chi connectivity index (χ4n) is 1.59. The number of hydrogen-bond donors (Lipinski definition) is 1. The van der Waals surface area contributed by atoms with Gasteiger partial charge in [0.25, 0.3) is 0 Å². The normalized spacial score (nSPS) is 12.0. The van der Waals surface area contributed by atoms with Crippen LogP contribution in [-0.2, 0) is 4.74 Å². The van der Waals surface area contributed by atoms with Crippen LogP contribution in [0.25, 0.3) is 0 Å². The highest BCUT2D eigenvalue weighted by atomic mass is 79.9. The van der Waals surface area contributed by atoms with Crippen LogP contribution in [0.2, 0.25) is 0 Å². The Kier molecular flexibility index (Phi) is 6.12. The number of anilines is 1. The Bertz CT molecular complexity index is 410. The van der Waals surface area contributed by atoms with Gasteiger partial charge in [-0.2, -0.15) is 0 Å². The summed E-state index contributed by atoms with van der Waals surface area (Å²) in [5.41, 5.74) is 1.43. The summed E-state index contributed by atoms with van der Waals surface area (Å²) in [7, 11) is 0. The zero-order valence-corrected chi connectivity index (χ0v) is 12.6. The van der Waals surface area contributed by atoms with Gasteiger partial charge in [0.1, 0.15) is 6.10 Å². The number of carbonyl (C=O) groups is 1. The van der Waals surface area contributed by atoms with Crippen molar-refractivity contribution in [3.05, 3.63) is 22.4 Å². The zero-order chi connectivity index (χ0) is 13.5. The number of hydrogen-bond acceptors (Lipinski definition) is 3. The molecule has 18 heavy (non-hydrogen) atoms. The lowest BCUT2D eigenvalue weighted by atomic mass is 10.2. The van der Waals surface area contributed by atoms with E-state index in [0.29, 0.717) is 5.69 Å². The lowest BCUT2D eigenvalue weighted by Crippen LogP contribution is -2.22. The molecule has 1 rings (SSSR count). The van der Waals surface area contributed by atoms with E-state index in [-0.39, 0.29) is 6.10 Å². The molecule has 0 radical (unpaired) electrons. The van der Waals surface area contributed by atoms with Crippen LogP contribution in [0.5, 0.6) is 0 Å². The van der Waals surface area contributed by atoms with E-state index in [4.69, 9.17) is 4.74 Å². The molecule has 1 aromatic heterocycles. The lowest BCUT2D eigenvalue weighted by Gasteiger charge is -2.16. The van der Waals surface area contributed by atoms with Crippen molar-refractivity contribution in [2.24, 2.45) is 0 Å². The molecule has 5 heteroatoms. The molecule has 0 fully saturated rings. The number of halogens is 1. The fraction of sp³-hybridized carbons (Fsp3) is 0.538. The molecular weight excluding hydrogens is 296 g/mol. The van der Waals surface area contributed by atoms with E-state index in [0.717, 1.165) is 29.4 Å². The Labute approximate surface area is 116 Å². The molecule has 1 amide bonds. The molecule has 1 unspecified atom stereocenters. The predicted molar refractivity (Wildman–Crippen MR) is 75.8 cm³/mol. The molecule has 1 atom stereocenters. The maximum Gasteiger partial charge on any atom is 0.411 e. The summed E-state index contributed by atoms with van der Waals surface area (Å²) in [5, 5.41) is 2.72. The van der Waals surface area contributed by atoms with Crippen LogP contribution in [0.3, 0.4) is 0 Å². The molecule has 1 aromatic rings. The minimum absolute atomic E-state index is 0.0181. The number of ether oxygens (including phenoxy) is 1. The molecule has 100 valence electrons. The maximum atomic E-state index is 11.7. The van der Waals surface area contributed by atoms with Crippen LogP contribution in [0.1, 0.15) is 38.8 Å². The molecule has 1 heterocycles. The highest BCUT2D eigenvalue weighted by Crippen LogP contribution is 2.18. The Hall–Kier alpha value is -1.10. The van der Waals surface area contributed by atoms with E-state index in [1.54, 1.807) is 6.20 Å². The third kappa shape index (κ3) is 4.64. The summed E-state index contributed by atoms with van der Waals surface area (Å²) < 4.78 is 6.17. The van der Waals surface area contributed by atoms with Crippen molar-refractivity contribution in [1.82, 2.24) is 4.98 Å². The molecular formula is C13H19BrN2O2. The second kappa shape index (κ2) is 7.36. The van der Waals surface area contributed by atoms with Crippen molar-refractivity contribution in [1.29, 1.82) is 0 Å². The molecule has 0 aliphatic rings. The van der Waals surface area contributed by atoms with Gasteiger partial charge >= 0.3 is 6.09 Å². The van der Waals surface area contributed by atoms with Gasteiger partial charge < -0.3 is 4.74 Å². The highest BCUT2D eigenvalue weighted by Gasteiger charge is 2.13. The summed E-state index contributed by atoms with van der Waals surface area (Å²) in [6.07, 6.45) is 3.98. The van der Waals surface area contributed by atoms with E-state index in [1.165, 1.54) is 0 Å². The van der Waals surface area contributed by atoms with E-state index < -0.39 is 6.09 Å². The molecule has 0 saturated carbocycles. The Morgan fingerprint density at radius 3 is 2.89 bits per heavy atom. The second-order valence-electron chi connectivity index (χ2n) is 4.14. The van der Waals surface area contributed by atoms with Gasteiger partial charge in [-0.3, -0.25) is 10.3 Å². The predicted octanol–water partition coefficient (Wildman–Crippen LogP) is 4.28. The Morgan fingerprint density at radius 2 is 2.28 bits per heavy atom. The molecule has 0 aliphatic heterocycles. The minimum Gasteiger partial charge on any atom is -0.446 e. The van der Waals surface area contributed by atoms with Gasteiger partial charge in [0.05, 0.1) is 11.4 Å². The molecule has 0 bridgehead atoms. The first-order valence-electron chi connectivity index (χ1n) is 6.16. The Morgan fingerprint density at radius 1 is 1.56 bits per heavy atom. The third-order valence-corrected chi connectivity index (χ3v) is 3.06. The highest BCUT2D eigenvalue weighted by molar-refractivity contribution is 9.10. The van der Waals surface area contributed by atoms with Crippen molar-refractivity contribution in [3.8, 4) is 0 Å². The van der Waals surface area contributed by atoms with Crippen LogP contribution < -0.4 is 5.32 Å².